The summed E-state index contributed by atoms with van der Waals surface area (Å²) in [6, 6.07) is 15.9. The number of aromatic nitrogens is 6. The Balaban J connectivity index is 1.10. The van der Waals surface area contributed by atoms with Gasteiger partial charge in [-0.3, -0.25) is 23.4 Å². The lowest BCUT2D eigenvalue weighted by atomic mass is 9.88. The predicted octanol–water partition coefficient (Wildman–Crippen LogP) is 7.62. The van der Waals surface area contributed by atoms with Crippen LogP contribution in [0.4, 0.5) is 4.39 Å². The SMILES string of the molecule is CCS(=N)(=O)c1ccc(-n2ccn(-c3c4c(nn3-c3cc(C)c(F)c(C)c3)CCN(C(=O)c3sc5cc(C6CCOCC6)ccc5c3C3(c5noc(=O)[nH]5)CC3)[C@H]4C)c2=O)cc1. The van der Waals surface area contributed by atoms with Crippen molar-refractivity contribution in [3.63, 3.8) is 0 Å². The Labute approximate surface area is 359 Å². The van der Waals surface area contributed by atoms with Crippen molar-refractivity contribution in [1.29, 1.82) is 4.78 Å². The number of thiophene rings is 1. The number of aryl methyl sites for hydroxylation is 2. The fraction of sp³-hybridized carbons (Fsp3) is 0.356. The molecular formula is C45H45FN8O6S2. The highest BCUT2D eigenvalue weighted by molar-refractivity contribution is 7.92. The molecule has 3 aliphatic rings. The molecule has 1 aliphatic carbocycles. The number of aromatic amines is 1. The first-order valence-electron chi connectivity index (χ1n) is 20.9. The zero-order valence-corrected chi connectivity index (χ0v) is 36.3. The molecule has 1 amide bonds. The number of carbonyl (C=O) groups is 1. The average Bonchev–Trinajstić information content (AvgIpc) is 3.56. The van der Waals surface area contributed by atoms with Crippen LogP contribution in [0.25, 0.3) is 27.3 Å². The number of fused-ring (bicyclic) bond motifs is 2. The molecule has 1 unspecified atom stereocenters. The number of halogens is 1. The Kier molecular flexibility index (Phi) is 9.64. The van der Waals surface area contributed by atoms with Crippen LogP contribution in [0, 0.1) is 24.4 Å². The number of hydrogen-bond acceptors (Lipinski definition) is 10. The van der Waals surface area contributed by atoms with Crippen LogP contribution in [0.15, 0.2) is 86.0 Å². The summed E-state index contributed by atoms with van der Waals surface area (Å²) >= 11 is 1.45. The molecule has 0 radical (unpaired) electrons. The van der Waals surface area contributed by atoms with Crippen molar-refractivity contribution in [1.82, 2.24) is 34.0 Å². The molecule has 2 atom stereocenters. The molecule has 320 valence electrons. The molecule has 1 saturated heterocycles. The quantitative estimate of drug-likeness (QED) is 0.149. The molecule has 7 aromatic rings. The van der Waals surface area contributed by atoms with Gasteiger partial charge in [-0.2, -0.15) is 5.10 Å². The number of ether oxygens (including phenoxy) is 1. The van der Waals surface area contributed by atoms with Crippen molar-refractivity contribution in [2.45, 2.75) is 82.1 Å². The normalized spacial score (nSPS) is 18.5. The van der Waals surface area contributed by atoms with Crippen molar-refractivity contribution in [2.75, 3.05) is 25.5 Å². The van der Waals surface area contributed by atoms with Gasteiger partial charge in [-0.1, -0.05) is 24.2 Å². The number of amides is 1. The van der Waals surface area contributed by atoms with Crippen LogP contribution in [-0.2, 0) is 26.3 Å². The smallest absolute Gasteiger partial charge is 0.381 e. The molecule has 2 aliphatic heterocycles. The van der Waals surface area contributed by atoms with E-state index in [-0.39, 0.29) is 17.5 Å². The van der Waals surface area contributed by atoms with Gasteiger partial charge in [0.1, 0.15) is 11.6 Å². The van der Waals surface area contributed by atoms with Crippen molar-refractivity contribution in [3.05, 3.63) is 138 Å². The lowest BCUT2D eigenvalue weighted by Crippen LogP contribution is -2.39. The second kappa shape index (κ2) is 14.9. The van der Waals surface area contributed by atoms with Gasteiger partial charge in [0.25, 0.3) is 5.91 Å². The van der Waals surface area contributed by atoms with E-state index in [1.807, 2.05) is 11.8 Å². The van der Waals surface area contributed by atoms with Crippen molar-refractivity contribution >= 4 is 37.1 Å². The molecule has 10 rings (SSSR count). The van der Waals surface area contributed by atoms with Gasteiger partial charge in [0.2, 0.25) is 0 Å². The fourth-order valence-electron chi connectivity index (χ4n) is 9.44. The summed E-state index contributed by atoms with van der Waals surface area (Å²) in [7, 11) is -2.96. The summed E-state index contributed by atoms with van der Waals surface area (Å²) in [6.07, 6.45) is 6.88. The van der Waals surface area contributed by atoms with Gasteiger partial charge in [-0.15, -0.1) is 11.3 Å². The van der Waals surface area contributed by atoms with Gasteiger partial charge >= 0.3 is 11.4 Å². The maximum atomic E-state index is 15.4. The topological polar surface area (TPSA) is 174 Å². The number of benzene rings is 3. The summed E-state index contributed by atoms with van der Waals surface area (Å²) in [6.45, 7) is 8.78. The molecule has 17 heteroatoms. The Hall–Kier alpha value is -5.91. The number of H-pyrrole nitrogens is 1. The van der Waals surface area contributed by atoms with Crippen molar-refractivity contribution in [3.8, 4) is 17.2 Å². The third-order valence-electron chi connectivity index (χ3n) is 13.0. The third-order valence-corrected chi connectivity index (χ3v) is 16.0. The molecular weight excluding hydrogens is 832 g/mol. The highest BCUT2D eigenvalue weighted by atomic mass is 32.2. The van der Waals surface area contributed by atoms with Gasteiger partial charge in [-0.05, 0) is 122 Å². The van der Waals surface area contributed by atoms with Crippen LogP contribution in [0.1, 0.15) is 100 Å². The zero-order chi connectivity index (χ0) is 43.2. The largest absolute Gasteiger partial charge is 0.438 e. The van der Waals surface area contributed by atoms with E-state index in [2.05, 4.69) is 28.3 Å². The van der Waals surface area contributed by atoms with E-state index >= 15 is 9.18 Å². The van der Waals surface area contributed by atoms with Gasteiger partial charge < -0.3 is 9.64 Å². The van der Waals surface area contributed by atoms with E-state index < -0.39 is 32.6 Å². The first kappa shape index (κ1) is 40.2. The van der Waals surface area contributed by atoms with Gasteiger partial charge in [0, 0.05) is 59.5 Å². The average molecular weight is 877 g/mol. The van der Waals surface area contributed by atoms with Crippen LogP contribution < -0.4 is 11.4 Å². The molecule has 0 spiro atoms. The second-order valence-electron chi connectivity index (χ2n) is 16.7. The molecule has 62 heavy (non-hydrogen) atoms. The minimum atomic E-state index is -2.96. The Morgan fingerprint density at radius 1 is 1.02 bits per heavy atom. The summed E-state index contributed by atoms with van der Waals surface area (Å²) < 4.78 is 52.3. The number of carbonyl (C=O) groups excluding carboxylic acids is 1. The Bertz CT molecular complexity index is 3140. The van der Waals surface area contributed by atoms with Gasteiger partial charge in [0.05, 0.1) is 43.1 Å². The molecule has 0 bridgehead atoms. The van der Waals surface area contributed by atoms with Gasteiger partial charge in [-0.25, -0.2) is 27.6 Å². The minimum absolute atomic E-state index is 0.170. The molecule has 14 nitrogen and oxygen atoms in total. The number of nitrogens with one attached hydrogen (secondary N) is 2. The predicted molar refractivity (Wildman–Crippen MR) is 233 cm³/mol. The van der Waals surface area contributed by atoms with E-state index in [4.69, 9.17) is 19.1 Å². The highest BCUT2D eigenvalue weighted by Gasteiger charge is 2.53. The van der Waals surface area contributed by atoms with E-state index in [0.717, 1.165) is 28.5 Å². The summed E-state index contributed by atoms with van der Waals surface area (Å²) in [5.41, 5.74) is 4.24. The van der Waals surface area contributed by atoms with E-state index in [0.29, 0.717) is 100 Å². The molecule has 4 aromatic heterocycles. The Morgan fingerprint density at radius 2 is 1.73 bits per heavy atom. The van der Waals surface area contributed by atoms with E-state index in [1.165, 1.54) is 26.0 Å². The fourth-order valence-corrected chi connectivity index (χ4v) is 11.7. The second-order valence-corrected chi connectivity index (χ2v) is 20.1. The highest BCUT2D eigenvalue weighted by Crippen LogP contribution is 2.57. The van der Waals surface area contributed by atoms with E-state index in [9.17, 15) is 13.8 Å². The zero-order valence-electron chi connectivity index (χ0n) is 34.7. The number of hydrogen-bond donors (Lipinski definition) is 2. The molecule has 2 N–H and O–H groups in total. The molecule has 2 fully saturated rings. The lowest BCUT2D eigenvalue weighted by Gasteiger charge is -2.34. The van der Waals surface area contributed by atoms with Crippen LogP contribution in [0.2, 0.25) is 0 Å². The first-order chi connectivity index (χ1) is 29.8. The molecule has 1 saturated carbocycles. The van der Waals surface area contributed by atoms with Gasteiger partial charge in [0.15, 0.2) is 5.82 Å². The number of imidazole rings is 1. The van der Waals surface area contributed by atoms with Crippen molar-refractivity contribution < 1.29 is 22.7 Å². The third kappa shape index (κ3) is 6.42. The maximum absolute atomic E-state index is 15.4. The standard InChI is InChI=1S/C45H45FN8O6S2/c1-5-62(47,58)32-9-7-30(8-10-32)52-18-19-53(44(52)57)40-36-27(4)51(17-12-34(36)49-54(40)31-22-25(2)38(46)26(3)23-31)41(55)39-37(45(15-16-45)42-48-43(56)60-50-42)33-11-6-29(24-35(33)61-39)28-13-20-59-21-14-28/h6-11,18-19,22-24,27-28,47H,5,12-17,20-21H2,1-4H3,(H,48,50,56)/t27-,62?/m0/s1. The molecule has 6 heterocycles. The molecule has 3 aromatic carbocycles. The Morgan fingerprint density at radius 3 is 2.39 bits per heavy atom. The van der Waals surface area contributed by atoms with E-state index in [1.54, 1.807) is 74.2 Å². The van der Waals surface area contributed by atoms with Crippen LogP contribution >= 0.6 is 11.3 Å². The summed E-state index contributed by atoms with van der Waals surface area (Å²) in [4.78, 5) is 47.8. The summed E-state index contributed by atoms with van der Waals surface area (Å²) in [5, 5.41) is 10.2. The first-order valence-corrected chi connectivity index (χ1v) is 23.4. The van der Waals surface area contributed by atoms with Crippen LogP contribution in [-0.4, -0.2) is 69.6 Å². The summed E-state index contributed by atoms with van der Waals surface area (Å²) in [5.74, 6) is 0.193. The minimum Gasteiger partial charge on any atom is -0.381 e. The van der Waals surface area contributed by atoms with Crippen LogP contribution in [0.3, 0.4) is 0 Å². The van der Waals surface area contributed by atoms with Crippen LogP contribution in [0.5, 0.6) is 0 Å². The maximum Gasteiger partial charge on any atom is 0.438 e. The number of nitrogens with zero attached hydrogens (tertiary/aromatic N) is 6. The van der Waals surface area contributed by atoms with Crippen molar-refractivity contribution in [2.24, 2.45) is 0 Å². The number of rotatable bonds is 9. The lowest BCUT2D eigenvalue weighted by molar-refractivity contribution is 0.0680. The monoisotopic (exact) mass is 876 g/mol.